The van der Waals surface area contributed by atoms with Crippen molar-refractivity contribution in [3.8, 4) is 11.5 Å². The van der Waals surface area contributed by atoms with Crippen LogP contribution in [0.3, 0.4) is 0 Å². The van der Waals surface area contributed by atoms with Gasteiger partial charge in [0.15, 0.2) is 5.75 Å². The van der Waals surface area contributed by atoms with Gasteiger partial charge in [0.05, 0.1) is 18.5 Å². The van der Waals surface area contributed by atoms with Gasteiger partial charge in [0.1, 0.15) is 5.75 Å². The van der Waals surface area contributed by atoms with Crippen LogP contribution in [0.5, 0.6) is 11.5 Å². The van der Waals surface area contributed by atoms with Gasteiger partial charge < -0.3 is 19.7 Å². The highest BCUT2D eigenvalue weighted by Gasteiger charge is 2.32. The largest absolute Gasteiger partial charge is 0.573 e. The molecule has 2 aromatic carbocycles. The van der Waals surface area contributed by atoms with Crippen molar-refractivity contribution < 1.29 is 22.6 Å². The summed E-state index contributed by atoms with van der Waals surface area (Å²) in [5.41, 5.74) is 1.42. The number of para-hydroxylation sites is 4. The van der Waals surface area contributed by atoms with E-state index in [0.29, 0.717) is 12.2 Å². The summed E-state index contributed by atoms with van der Waals surface area (Å²) < 4.78 is 47.0. The van der Waals surface area contributed by atoms with Crippen LogP contribution in [0.4, 0.5) is 24.5 Å². The van der Waals surface area contributed by atoms with Gasteiger partial charge in [-0.1, -0.05) is 24.3 Å². The molecule has 8 heteroatoms. The molecule has 2 aromatic rings. The second kappa shape index (κ2) is 9.05. The van der Waals surface area contributed by atoms with Crippen LogP contribution in [0, 0.1) is 0 Å². The molecule has 0 unspecified atom stereocenters. The smallest absolute Gasteiger partial charge is 0.495 e. The number of anilines is 2. The zero-order chi connectivity index (χ0) is 20.0. The molecule has 0 amide bonds. The fourth-order valence-electron chi connectivity index (χ4n) is 3.28. The monoisotopic (exact) mass is 395 g/mol. The van der Waals surface area contributed by atoms with Crippen molar-refractivity contribution in [1.82, 2.24) is 4.90 Å². The van der Waals surface area contributed by atoms with E-state index in [0.717, 1.165) is 44.2 Å². The maximum Gasteiger partial charge on any atom is 0.573 e. The first-order chi connectivity index (χ1) is 13.5. The van der Waals surface area contributed by atoms with Gasteiger partial charge in [-0.15, -0.1) is 13.2 Å². The van der Waals surface area contributed by atoms with Crippen LogP contribution >= 0.6 is 0 Å². The fraction of sp³-hybridized carbons (Fsp3) is 0.400. The Balaban J connectivity index is 1.48. The van der Waals surface area contributed by atoms with Crippen molar-refractivity contribution in [3.63, 3.8) is 0 Å². The van der Waals surface area contributed by atoms with Gasteiger partial charge in [-0.3, -0.25) is 4.90 Å². The lowest BCUT2D eigenvalue weighted by atomic mass is 10.2. The Kier molecular flexibility index (Phi) is 6.51. The number of piperazine rings is 1. The number of alkyl halides is 3. The predicted molar refractivity (Wildman–Crippen MR) is 103 cm³/mol. The molecule has 5 nitrogen and oxygen atoms in total. The van der Waals surface area contributed by atoms with E-state index >= 15 is 0 Å². The molecule has 1 N–H and O–H groups in total. The molecule has 1 saturated heterocycles. The quantitative estimate of drug-likeness (QED) is 0.771. The van der Waals surface area contributed by atoms with Crippen molar-refractivity contribution in [3.05, 3.63) is 48.5 Å². The van der Waals surface area contributed by atoms with E-state index < -0.39 is 6.36 Å². The fourth-order valence-corrected chi connectivity index (χ4v) is 3.28. The zero-order valence-electron chi connectivity index (χ0n) is 15.7. The third kappa shape index (κ3) is 5.45. The van der Waals surface area contributed by atoms with Gasteiger partial charge in [-0.25, -0.2) is 0 Å². The van der Waals surface area contributed by atoms with Gasteiger partial charge in [0.2, 0.25) is 0 Å². The van der Waals surface area contributed by atoms with Crippen LogP contribution in [-0.2, 0) is 0 Å². The minimum absolute atomic E-state index is 0.212. The van der Waals surface area contributed by atoms with Crippen LogP contribution in [-0.4, -0.2) is 57.6 Å². The van der Waals surface area contributed by atoms with E-state index in [1.54, 1.807) is 19.2 Å². The third-order valence-electron chi connectivity index (χ3n) is 4.65. The minimum atomic E-state index is -4.70. The number of hydrogen-bond donors (Lipinski definition) is 1. The van der Waals surface area contributed by atoms with E-state index in [-0.39, 0.29) is 5.75 Å². The number of halogens is 3. The third-order valence-corrected chi connectivity index (χ3v) is 4.65. The molecule has 0 atom stereocenters. The molecule has 0 spiro atoms. The van der Waals surface area contributed by atoms with Crippen LogP contribution in [0.2, 0.25) is 0 Å². The second-order valence-corrected chi connectivity index (χ2v) is 6.47. The van der Waals surface area contributed by atoms with E-state index in [1.165, 1.54) is 12.1 Å². The van der Waals surface area contributed by atoms with Gasteiger partial charge in [0, 0.05) is 39.3 Å². The summed E-state index contributed by atoms with van der Waals surface area (Å²) in [4.78, 5) is 4.57. The van der Waals surface area contributed by atoms with E-state index in [9.17, 15) is 13.2 Å². The predicted octanol–water partition coefficient (Wildman–Crippen LogP) is 3.83. The molecule has 1 aliphatic rings. The summed E-state index contributed by atoms with van der Waals surface area (Å²) in [6.07, 6.45) is -4.70. The molecule has 0 radical (unpaired) electrons. The highest BCUT2D eigenvalue weighted by molar-refractivity contribution is 5.59. The normalized spacial score (nSPS) is 15.4. The van der Waals surface area contributed by atoms with E-state index in [1.807, 2.05) is 24.3 Å². The summed E-state index contributed by atoms with van der Waals surface area (Å²) in [5, 5.41) is 3.04. The lowest BCUT2D eigenvalue weighted by Gasteiger charge is -2.36. The molecule has 0 bridgehead atoms. The topological polar surface area (TPSA) is 37.0 Å². The van der Waals surface area contributed by atoms with Gasteiger partial charge in [0.25, 0.3) is 0 Å². The zero-order valence-corrected chi connectivity index (χ0v) is 15.7. The molecule has 0 aliphatic carbocycles. The van der Waals surface area contributed by atoms with Gasteiger partial charge >= 0.3 is 6.36 Å². The molecule has 28 heavy (non-hydrogen) atoms. The van der Waals surface area contributed by atoms with Crippen molar-refractivity contribution in [2.75, 3.05) is 56.6 Å². The first-order valence-corrected chi connectivity index (χ1v) is 9.15. The van der Waals surface area contributed by atoms with Gasteiger partial charge in [-0.05, 0) is 24.3 Å². The van der Waals surface area contributed by atoms with Crippen molar-refractivity contribution in [1.29, 1.82) is 0 Å². The van der Waals surface area contributed by atoms with Crippen LogP contribution in [0.25, 0.3) is 0 Å². The molecular formula is C20H24F3N3O2. The molecule has 1 aliphatic heterocycles. The number of rotatable bonds is 7. The number of nitrogens with one attached hydrogen (secondary N) is 1. The number of ether oxygens (including phenoxy) is 2. The van der Waals surface area contributed by atoms with Gasteiger partial charge in [-0.2, -0.15) is 0 Å². The van der Waals surface area contributed by atoms with Crippen molar-refractivity contribution in [2.24, 2.45) is 0 Å². The lowest BCUT2D eigenvalue weighted by Crippen LogP contribution is -2.47. The Morgan fingerprint density at radius 1 is 0.929 bits per heavy atom. The molecule has 1 fully saturated rings. The first kappa shape index (κ1) is 20.1. The molecule has 1 heterocycles. The number of nitrogens with zero attached hydrogens (tertiary/aromatic N) is 2. The van der Waals surface area contributed by atoms with Crippen molar-refractivity contribution in [2.45, 2.75) is 6.36 Å². The Bertz CT molecular complexity index is 762. The van der Waals surface area contributed by atoms with E-state index in [2.05, 4.69) is 19.9 Å². The minimum Gasteiger partial charge on any atom is -0.495 e. The maximum absolute atomic E-state index is 12.5. The highest BCUT2D eigenvalue weighted by Crippen LogP contribution is 2.30. The SMILES string of the molecule is COc1ccccc1N1CCN(CCNc2ccccc2OC(F)(F)F)CC1. The standard InChI is InChI=1S/C20H24F3N3O2/c1-27-19-9-5-3-7-17(19)26-14-12-25(13-15-26)11-10-24-16-6-2-4-8-18(16)28-20(21,22)23/h2-9,24H,10-15H2,1H3. The van der Waals surface area contributed by atoms with Crippen LogP contribution < -0.4 is 19.7 Å². The Morgan fingerprint density at radius 3 is 2.25 bits per heavy atom. The maximum atomic E-state index is 12.5. The number of hydrogen-bond acceptors (Lipinski definition) is 5. The number of methoxy groups -OCH3 is 1. The Labute approximate surface area is 162 Å². The summed E-state index contributed by atoms with van der Waals surface area (Å²) in [6, 6.07) is 14.0. The van der Waals surface area contributed by atoms with Crippen LogP contribution in [0.1, 0.15) is 0 Å². The van der Waals surface area contributed by atoms with Crippen molar-refractivity contribution >= 4 is 11.4 Å². The average Bonchev–Trinajstić information content (AvgIpc) is 2.69. The Morgan fingerprint density at radius 2 is 1.57 bits per heavy atom. The Hall–Kier alpha value is -2.61. The van der Waals surface area contributed by atoms with E-state index in [4.69, 9.17) is 4.74 Å². The summed E-state index contributed by atoms with van der Waals surface area (Å²) in [5.74, 6) is 0.648. The molecule has 3 rings (SSSR count). The summed E-state index contributed by atoms with van der Waals surface area (Å²) >= 11 is 0. The molecular weight excluding hydrogens is 371 g/mol. The summed E-state index contributed by atoms with van der Waals surface area (Å²) in [7, 11) is 1.67. The van der Waals surface area contributed by atoms with Crippen LogP contribution in [0.15, 0.2) is 48.5 Å². The summed E-state index contributed by atoms with van der Waals surface area (Å²) in [6.45, 7) is 4.76. The lowest BCUT2D eigenvalue weighted by molar-refractivity contribution is -0.274. The molecule has 152 valence electrons. The molecule has 0 aromatic heterocycles. The first-order valence-electron chi connectivity index (χ1n) is 9.15. The highest BCUT2D eigenvalue weighted by atomic mass is 19.4. The average molecular weight is 395 g/mol. The second-order valence-electron chi connectivity index (χ2n) is 6.47. The molecule has 0 saturated carbocycles. The number of benzene rings is 2.